The van der Waals surface area contributed by atoms with E-state index in [9.17, 15) is 9.59 Å². The molecule has 1 aliphatic rings. The Morgan fingerprint density at radius 1 is 1.35 bits per heavy atom. The van der Waals surface area contributed by atoms with Gasteiger partial charge in [-0.15, -0.1) is 0 Å². The van der Waals surface area contributed by atoms with Crippen molar-refractivity contribution in [3.8, 4) is 0 Å². The summed E-state index contributed by atoms with van der Waals surface area (Å²) < 4.78 is 10.1. The van der Waals surface area contributed by atoms with Gasteiger partial charge < -0.3 is 14.4 Å². The van der Waals surface area contributed by atoms with E-state index in [1.54, 1.807) is 0 Å². The highest BCUT2D eigenvalue weighted by molar-refractivity contribution is 5.85. The van der Waals surface area contributed by atoms with Gasteiger partial charge in [-0.3, -0.25) is 9.59 Å². The van der Waals surface area contributed by atoms with E-state index in [1.165, 1.54) is 12.0 Å². The topological polar surface area (TPSA) is 55.8 Å². The van der Waals surface area contributed by atoms with Gasteiger partial charge >= 0.3 is 5.97 Å². The normalized spacial score (nSPS) is 17.8. The van der Waals surface area contributed by atoms with Gasteiger partial charge in [0.2, 0.25) is 0 Å². The molecule has 108 valence electrons. The molecule has 1 aromatic rings. The third-order valence-corrected chi connectivity index (χ3v) is 3.28. The summed E-state index contributed by atoms with van der Waals surface area (Å²) in [7, 11) is 1.32. The van der Waals surface area contributed by atoms with Crippen LogP contribution in [0.25, 0.3) is 0 Å². The summed E-state index contributed by atoms with van der Waals surface area (Å²) >= 11 is 0. The van der Waals surface area contributed by atoms with E-state index in [2.05, 4.69) is 4.74 Å². The molecule has 5 nitrogen and oxygen atoms in total. The lowest BCUT2D eigenvalue weighted by molar-refractivity contribution is -0.151. The average Bonchev–Trinajstić information content (AvgIpc) is 3.01. The Bertz CT molecular complexity index is 454. The van der Waals surface area contributed by atoms with E-state index >= 15 is 0 Å². The van der Waals surface area contributed by atoms with Crippen molar-refractivity contribution in [2.24, 2.45) is 0 Å². The summed E-state index contributed by atoms with van der Waals surface area (Å²) in [6, 6.07) is 9.57. The first-order valence-corrected chi connectivity index (χ1v) is 6.72. The zero-order valence-corrected chi connectivity index (χ0v) is 11.6. The van der Waals surface area contributed by atoms with Crippen molar-refractivity contribution in [2.75, 3.05) is 20.3 Å². The third kappa shape index (κ3) is 3.81. The van der Waals surface area contributed by atoms with Crippen LogP contribution in [0.2, 0.25) is 0 Å². The zero-order valence-electron chi connectivity index (χ0n) is 11.6. The van der Waals surface area contributed by atoms with E-state index in [-0.39, 0.29) is 12.5 Å². The van der Waals surface area contributed by atoms with Gasteiger partial charge in [-0.1, -0.05) is 30.3 Å². The van der Waals surface area contributed by atoms with Crippen LogP contribution in [0.1, 0.15) is 18.4 Å². The summed E-state index contributed by atoms with van der Waals surface area (Å²) in [6.07, 6.45) is 1.17. The van der Waals surface area contributed by atoms with Crippen molar-refractivity contribution in [1.82, 2.24) is 4.90 Å². The van der Waals surface area contributed by atoms with Crippen LogP contribution in [-0.2, 0) is 25.6 Å². The number of esters is 1. The van der Waals surface area contributed by atoms with Crippen molar-refractivity contribution in [1.29, 1.82) is 0 Å². The van der Waals surface area contributed by atoms with Crippen molar-refractivity contribution in [2.45, 2.75) is 25.5 Å². The van der Waals surface area contributed by atoms with E-state index in [0.29, 0.717) is 19.6 Å². The van der Waals surface area contributed by atoms with Gasteiger partial charge in [0, 0.05) is 13.2 Å². The molecule has 0 saturated carbocycles. The van der Waals surface area contributed by atoms with Crippen LogP contribution in [0.5, 0.6) is 0 Å². The van der Waals surface area contributed by atoms with E-state index in [4.69, 9.17) is 4.74 Å². The lowest BCUT2D eigenvalue weighted by Gasteiger charge is -2.24. The summed E-state index contributed by atoms with van der Waals surface area (Å²) in [6.45, 7) is 0.937. The number of hydrogen-bond acceptors (Lipinski definition) is 4. The first kappa shape index (κ1) is 14.5. The zero-order chi connectivity index (χ0) is 14.4. The van der Waals surface area contributed by atoms with Crippen molar-refractivity contribution in [3.63, 3.8) is 0 Å². The lowest BCUT2D eigenvalue weighted by atomic mass is 10.1. The quantitative estimate of drug-likeness (QED) is 0.763. The second-order valence-electron chi connectivity index (χ2n) is 4.76. The fraction of sp³-hybridized carbons (Fsp3) is 0.467. The molecular weight excluding hydrogens is 258 g/mol. The van der Waals surface area contributed by atoms with Gasteiger partial charge in [-0.2, -0.15) is 0 Å². The van der Waals surface area contributed by atoms with Crippen LogP contribution in [-0.4, -0.2) is 43.1 Å². The summed E-state index contributed by atoms with van der Waals surface area (Å²) in [5.41, 5.74) is 0.975. The van der Waals surface area contributed by atoms with Crippen molar-refractivity contribution >= 4 is 11.9 Å². The number of amides is 1. The molecule has 0 spiro atoms. The van der Waals surface area contributed by atoms with E-state index in [0.717, 1.165) is 12.0 Å². The van der Waals surface area contributed by atoms with Crippen molar-refractivity contribution in [3.05, 3.63) is 35.9 Å². The number of carbonyl (C=O) groups excluding carboxylic acids is 2. The van der Waals surface area contributed by atoms with E-state index < -0.39 is 12.1 Å². The molecule has 2 rings (SSSR count). The first-order chi connectivity index (χ1) is 9.70. The van der Waals surface area contributed by atoms with Crippen LogP contribution in [0.4, 0.5) is 0 Å². The Kier molecular flexibility index (Phi) is 5.12. The standard InChI is InChI=1S/C15H19NO4/c1-19-14(17)11-16(10-12-6-3-2-4-7-12)15(18)13-8-5-9-20-13/h2-4,6-7,13H,5,8-11H2,1H3. The summed E-state index contributed by atoms with van der Waals surface area (Å²) in [4.78, 5) is 25.4. The first-order valence-electron chi connectivity index (χ1n) is 6.72. The molecule has 5 heteroatoms. The maximum atomic E-state index is 12.4. The van der Waals surface area contributed by atoms with Gasteiger partial charge in [0.25, 0.3) is 5.91 Å². The maximum absolute atomic E-state index is 12.4. The SMILES string of the molecule is COC(=O)CN(Cc1ccccc1)C(=O)C1CCCO1. The minimum absolute atomic E-state index is 0.0515. The Labute approximate surface area is 118 Å². The smallest absolute Gasteiger partial charge is 0.325 e. The molecule has 0 N–H and O–H groups in total. The van der Waals surface area contributed by atoms with Crippen LogP contribution < -0.4 is 0 Å². The maximum Gasteiger partial charge on any atom is 0.325 e. The number of nitrogens with zero attached hydrogens (tertiary/aromatic N) is 1. The minimum Gasteiger partial charge on any atom is -0.468 e. The highest BCUT2D eigenvalue weighted by Crippen LogP contribution is 2.16. The molecule has 1 heterocycles. The van der Waals surface area contributed by atoms with Gasteiger partial charge in [-0.25, -0.2) is 0 Å². The molecule has 1 unspecified atom stereocenters. The largest absolute Gasteiger partial charge is 0.468 e. The molecular formula is C15H19NO4. The number of carbonyl (C=O) groups is 2. The molecule has 0 radical (unpaired) electrons. The molecule has 1 amide bonds. The second kappa shape index (κ2) is 7.05. The Morgan fingerprint density at radius 2 is 2.10 bits per heavy atom. The average molecular weight is 277 g/mol. The van der Waals surface area contributed by atoms with Gasteiger partial charge in [0.1, 0.15) is 12.6 Å². The third-order valence-electron chi connectivity index (χ3n) is 3.28. The van der Waals surface area contributed by atoms with E-state index in [1.807, 2.05) is 30.3 Å². The van der Waals surface area contributed by atoms with Crippen molar-refractivity contribution < 1.29 is 19.1 Å². The van der Waals surface area contributed by atoms with Crippen LogP contribution in [0, 0.1) is 0 Å². The summed E-state index contributed by atoms with van der Waals surface area (Å²) in [5, 5.41) is 0. The molecule has 0 aromatic heterocycles. The summed E-state index contributed by atoms with van der Waals surface area (Å²) in [5.74, 6) is -0.566. The van der Waals surface area contributed by atoms with Gasteiger partial charge in [-0.05, 0) is 18.4 Å². The highest BCUT2D eigenvalue weighted by atomic mass is 16.5. The molecule has 0 bridgehead atoms. The van der Waals surface area contributed by atoms with Gasteiger partial charge in [0.15, 0.2) is 0 Å². The predicted molar refractivity (Wildman–Crippen MR) is 72.8 cm³/mol. The Hall–Kier alpha value is -1.88. The molecule has 1 aliphatic heterocycles. The molecule has 1 atom stereocenters. The molecule has 1 aromatic carbocycles. The fourth-order valence-electron chi connectivity index (χ4n) is 2.21. The number of benzene rings is 1. The number of methoxy groups -OCH3 is 1. The monoisotopic (exact) mass is 277 g/mol. The number of hydrogen-bond donors (Lipinski definition) is 0. The molecule has 0 aliphatic carbocycles. The van der Waals surface area contributed by atoms with Crippen LogP contribution in [0.3, 0.4) is 0 Å². The fourth-order valence-corrected chi connectivity index (χ4v) is 2.21. The predicted octanol–water partition coefficient (Wildman–Crippen LogP) is 1.37. The number of ether oxygens (including phenoxy) is 2. The van der Waals surface area contributed by atoms with Crippen LogP contribution >= 0.6 is 0 Å². The number of rotatable bonds is 5. The lowest BCUT2D eigenvalue weighted by Crippen LogP contribution is -2.41. The highest BCUT2D eigenvalue weighted by Gasteiger charge is 2.29. The Morgan fingerprint density at radius 3 is 2.70 bits per heavy atom. The minimum atomic E-state index is -0.427. The molecule has 20 heavy (non-hydrogen) atoms. The second-order valence-corrected chi connectivity index (χ2v) is 4.76. The van der Waals surface area contributed by atoms with Crippen LogP contribution in [0.15, 0.2) is 30.3 Å². The molecule has 1 saturated heterocycles. The Balaban J connectivity index is 2.07. The van der Waals surface area contributed by atoms with Gasteiger partial charge in [0.05, 0.1) is 7.11 Å². The molecule has 1 fully saturated rings.